The standard InChI is InChI=1S/C11H9NO2S2/c13-16(14)11-7-15-6-9(11)5-8-3-1-2-4-10(8)12-16/h1-4,6-7,12H,5H2. The summed E-state index contributed by atoms with van der Waals surface area (Å²) >= 11 is 1.42. The lowest BCUT2D eigenvalue weighted by molar-refractivity contribution is 0.601. The maximum atomic E-state index is 12.0. The minimum absolute atomic E-state index is 0.411. The zero-order chi connectivity index (χ0) is 11.2. The van der Waals surface area contributed by atoms with Crippen LogP contribution in [0.3, 0.4) is 0 Å². The van der Waals surface area contributed by atoms with Crippen LogP contribution in [0.25, 0.3) is 0 Å². The summed E-state index contributed by atoms with van der Waals surface area (Å²) in [5.74, 6) is 0. The zero-order valence-electron chi connectivity index (χ0n) is 8.30. The van der Waals surface area contributed by atoms with Gasteiger partial charge in [0.1, 0.15) is 4.90 Å². The van der Waals surface area contributed by atoms with Crippen molar-refractivity contribution in [2.75, 3.05) is 4.72 Å². The van der Waals surface area contributed by atoms with E-state index >= 15 is 0 Å². The van der Waals surface area contributed by atoms with Crippen molar-refractivity contribution in [3.8, 4) is 0 Å². The number of hydrogen-bond donors (Lipinski definition) is 1. The van der Waals surface area contributed by atoms with Crippen molar-refractivity contribution in [2.45, 2.75) is 11.3 Å². The Morgan fingerprint density at radius 2 is 1.94 bits per heavy atom. The Bertz CT molecular complexity index is 644. The second-order valence-electron chi connectivity index (χ2n) is 3.70. The van der Waals surface area contributed by atoms with Crippen LogP contribution in [0, 0.1) is 0 Å². The zero-order valence-corrected chi connectivity index (χ0v) is 9.94. The van der Waals surface area contributed by atoms with E-state index < -0.39 is 10.0 Å². The van der Waals surface area contributed by atoms with Crippen LogP contribution in [0.5, 0.6) is 0 Å². The Labute approximate surface area is 97.8 Å². The van der Waals surface area contributed by atoms with E-state index in [0.717, 1.165) is 11.1 Å². The summed E-state index contributed by atoms with van der Waals surface area (Å²) in [6.45, 7) is 0. The second-order valence-corrected chi connectivity index (χ2v) is 6.10. The molecule has 0 atom stereocenters. The molecule has 3 rings (SSSR count). The van der Waals surface area contributed by atoms with Gasteiger partial charge in [-0.05, 0) is 22.6 Å². The third kappa shape index (κ3) is 1.44. The first-order valence-electron chi connectivity index (χ1n) is 4.82. The highest BCUT2D eigenvalue weighted by molar-refractivity contribution is 7.93. The van der Waals surface area contributed by atoms with Gasteiger partial charge in [-0.25, -0.2) is 8.42 Å². The number of anilines is 1. The van der Waals surface area contributed by atoms with E-state index in [1.807, 2.05) is 23.6 Å². The molecule has 0 saturated carbocycles. The number of para-hydroxylation sites is 1. The fourth-order valence-electron chi connectivity index (χ4n) is 1.86. The first-order valence-corrected chi connectivity index (χ1v) is 7.25. The molecule has 2 heterocycles. The molecule has 0 amide bonds. The molecule has 82 valence electrons. The van der Waals surface area contributed by atoms with Crippen molar-refractivity contribution in [3.05, 3.63) is 46.2 Å². The molecule has 1 aromatic heterocycles. The second kappa shape index (κ2) is 3.33. The van der Waals surface area contributed by atoms with Crippen LogP contribution in [-0.2, 0) is 16.4 Å². The number of rotatable bonds is 0. The molecule has 0 fully saturated rings. The fourth-order valence-corrected chi connectivity index (χ4v) is 4.40. The van der Waals surface area contributed by atoms with Crippen molar-refractivity contribution in [1.29, 1.82) is 0 Å². The van der Waals surface area contributed by atoms with Crippen molar-refractivity contribution in [2.24, 2.45) is 0 Å². The Morgan fingerprint density at radius 3 is 2.81 bits per heavy atom. The van der Waals surface area contributed by atoms with Crippen LogP contribution in [0.4, 0.5) is 5.69 Å². The lowest BCUT2D eigenvalue weighted by Crippen LogP contribution is -2.11. The number of hydrogen-bond acceptors (Lipinski definition) is 3. The third-order valence-corrected chi connectivity index (χ3v) is 5.02. The molecule has 1 N–H and O–H groups in total. The van der Waals surface area contributed by atoms with E-state index in [1.165, 1.54) is 11.3 Å². The van der Waals surface area contributed by atoms with Crippen LogP contribution in [-0.4, -0.2) is 8.42 Å². The Balaban J connectivity index is 2.28. The topological polar surface area (TPSA) is 46.2 Å². The predicted molar refractivity (Wildman–Crippen MR) is 64.4 cm³/mol. The van der Waals surface area contributed by atoms with Gasteiger partial charge in [-0.15, -0.1) is 0 Å². The molecular weight excluding hydrogens is 242 g/mol. The van der Waals surface area contributed by atoms with Crippen molar-refractivity contribution in [3.63, 3.8) is 0 Å². The molecular formula is C11H9NO2S2. The van der Waals surface area contributed by atoms with Gasteiger partial charge < -0.3 is 0 Å². The van der Waals surface area contributed by atoms with E-state index in [9.17, 15) is 8.42 Å². The van der Waals surface area contributed by atoms with Gasteiger partial charge in [0.25, 0.3) is 10.0 Å². The van der Waals surface area contributed by atoms with E-state index in [2.05, 4.69) is 4.72 Å². The van der Waals surface area contributed by atoms with Gasteiger partial charge in [0.15, 0.2) is 0 Å². The molecule has 0 unspecified atom stereocenters. The molecule has 0 saturated heterocycles. The maximum Gasteiger partial charge on any atom is 0.263 e. The van der Waals surface area contributed by atoms with E-state index in [0.29, 0.717) is 17.0 Å². The van der Waals surface area contributed by atoms with Gasteiger partial charge in [-0.1, -0.05) is 18.2 Å². The third-order valence-electron chi connectivity index (χ3n) is 2.63. The van der Waals surface area contributed by atoms with Gasteiger partial charge in [0.2, 0.25) is 0 Å². The van der Waals surface area contributed by atoms with Crippen LogP contribution < -0.4 is 4.72 Å². The lowest BCUT2D eigenvalue weighted by atomic mass is 10.1. The first kappa shape index (κ1) is 9.86. The minimum atomic E-state index is -3.39. The number of benzene rings is 1. The number of thiophene rings is 1. The molecule has 0 aliphatic carbocycles. The minimum Gasteiger partial charge on any atom is -0.279 e. The summed E-state index contributed by atoms with van der Waals surface area (Å²) in [5, 5.41) is 3.58. The Morgan fingerprint density at radius 1 is 1.12 bits per heavy atom. The summed E-state index contributed by atoms with van der Waals surface area (Å²) in [4.78, 5) is 0.411. The fraction of sp³-hybridized carbons (Fsp3) is 0.0909. The van der Waals surface area contributed by atoms with Crippen LogP contribution >= 0.6 is 11.3 Å². The Hall–Kier alpha value is -1.33. The average molecular weight is 251 g/mol. The molecule has 16 heavy (non-hydrogen) atoms. The SMILES string of the molecule is O=S1(=O)Nc2ccccc2Cc2cscc21. The van der Waals surface area contributed by atoms with Gasteiger partial charge >= 0.3 is 0 Å². The van der Waals surface area contributed by atoms with E-state index in [4.69, 9.17) is 0 Å². The highest BCUT2D eigenvalue weighted by atomic mass is 32.2. The quantitative estimate of drug-likeness (QED) is 0.781. The van der Waals surface area contributed by atoms with Crippen molar-refractivity contribution in [1.82, 2.24) is 0 Å². The number of nitrogens with one attached hydrogen (secondary N) is 1. The normalized spacial score (nSPS) is 16.8. The summed E-state index contributed by atoms with van der Waals surface area (Å²) in [5.41, 5.74) is 2.58. The summed E-state index contributed by atoms with van der Waals surface area (Å²) < 4.78 is 26.6. The number of sulfonamides is 1. The molecule has 3 nitrogen and oxygen atoms in total. The van der Waals surface area contributed by atoms with Crippen LogP contribution in [0.15, 0.2) is 39.9 Å². The highest BCUT2D eigenvalue weighted by Crippen LogP contribution is 2.31. The molecule has 0 spiro atoms. The molecule has 2 aromatic rings. The monoisotopic (exact) mass is 251 g/mol. The molecule has 5 heteroatoms. The molecule has 1 aliphatic rings. The van der Waals surface area contributed by atoms with E-state index in [-0.39, 0.29) is 0 Å². The number of fused-ring (bicyclic) bond motifs is 2. The highest BCUT2D eigenvalue weighted by Gasteiger charge is 2.24. The maximum absolute atomic E-state index is 12.0. The molecule has 0 radical (unpaired) electrons. The molecule has 0 bridgehead atoms. The van der Waals surface area contributed by atoms with Crippen LogP contribution in [0.1, 0.15) is 11.1 Å². The average Bonchev–Trinajstić information content (AvgIpc) is 2.66. The van der Waals surface area contributed by atoms with Gasteiger partial charge in [0.05, 0.1) is 5.69 Å². The van der Waals surface area contributed by atoms with Crippen molar-refractivity contribution < 1.29 is 8.42 Å². The lowest BCUT2D eigenvalue weighted by Gasteiger charge is -2.06. The van der Waals surface area contributed by atoms with E-state index in [1.54, 1.807) is 11.4 Å². The predicted octanol–water partition coefficient (Wildman–Crippen LogP) is 2.45. The molecule has 1 aromatic carbocycles. The smallest absolute Gasteiger partial charge is 0.263 e. The summed E-state index contributed by atoms with van der Waals surface area (Å²) in [7, 11) is -3.39. The summed E-state index contributed by atoms with van der Waals surface area (Å²) in [6.07, 6.45) is 0.668. The van der Waals surface area contributed by atoms with Crippen LogP contribution in [0.2, 0.25) is 0 Å². The first-order chi connectivity index (χ1) is 7.67. The molecule has 1 aliphatic heterocycles. The van der Waals surface area contributed by atoms with Gasteiger partial charge in [-0.3, -0.25) is 4.72 Å². The Kier molecular flexibility index (Phi) is 2.05. The van der Waals surface area contributed by atoms with Gasteiger partial charge in [0, 0.05) is 11.8 Å². The van der Waals surface area contributed by atoms with Gasteiger partial charge in [-0.2, -0.15) is 11.3 Å². The van der Waals surface area contributed by atoms with Crippen molar-refractivity contribution >= 4 is 27.0 Å². The summed E-state index contributed by atoms with van der Waals surface area (Å²) in [6, 6.07) is 7.50. The largest absolute Gasteiger partial charge is 0.279 e.